The van der Waals surface area contributed by atoms with E-state index in [0.717, 1.165) is 19.3 Å². The van der Waals surface area contributed by atoms with Crippen LogP contribution in [0.5, 0.6) is 11.5 Å². The maximum Gasteiger partial charge on any atom is 0.233 e. The van der Waals surface area contributed by atoms with Crippen LogP contribution in [0.4, 0.5) is 5.69 Å². The third-order valence-corrected chi connectivity index (χ3v) is 4.61. The van der Waals surface area contributed by atoms with Crippen molar-refractivity contribution < 1.29 is 14.3 Å². The van der Waals surface area contributed by atoms with Gasteiger partial charge in [0.2, 0.25) is 11.8 Å². The zero-order valence-corrected chi connectivity index (χ0v) is 15.9. The van der Waals surface area contributed by atoms with Gasteiger partial charge in [0.05, 0.1) is 5.69 Å². The number of hydrogen-bond acceptors (Lipinski definition) is 3. The molecule has 5 heteroatoms. The number of amides is 2. The number of ether oxygens (including phenoxy) is 1. The minimum Gasteiger partial charge on any atom is -0.455 e. The van der Waals surface area contributed by atoms with E-state index in [1.165, 1.54) is 18.4 Å². The Morgan fingerprint density at radius 2 is 1.71 bits per heavy atom. The molecule has 1 aliphatic rings. The second kappa shape index (κ2) is 10.3. The molecule has 0 atom stereocenters. The van der Waals surface area contributed by atoms with E-state index in [1.807, 2.05) is 42.5 Å². The monoisotopic (exact) mass is 378 g/mol. The van der Waals surface area contributed by atoms with Gasteiger partial charge in [-0.3, -0.25) is 9.59 Å². The van der Waals surface area contributed by atoms with Crippen molar-refractivity contribution in [2.45, 2.75) is 38.5 Å². The van der Waals surface area contributed by atoms with Gasteiger partial charge in [-0.1, -0.05) is 42.0 Å². The lowest BCUT2D eigenvalue weighted by molar-refractivity contribution is -0.126. The molecular weight excluding hydrogens is 352 g/mol. The highest BCUT2D eigenvalue weighted by Gasteiger charge is 2.13. The summed E-state index contributed by atoms with van der Waals surface area (Å²) in [4.78, 5) is 24.3. The van der Waals surface area contributed by atoms with Gasteiger partial charge in [-0.15, -0.1) is 0 Å². The largest absolute Gasteiger partial charge is 0.455 e. The lowest BCUT2D eigenvalue weighted by atomic mass is 9.97. The van der Waals surface area contributed by atoms with Gasteiger partial charge in [0.1, 0.15) is 12.2 Å². The molecule has 0 saturated carbocycles. The molecule has 1 aliphatic carbocycles. The average molecular weight is 378 g/mol. The number of rotatable bonds is 8. The molecule has 0 fully saturated rings. The molecule has 0 spiro atoms. The van der Waals surface area contributed by atoms with Crippen molar-refractivity contribution in [1.29, 1.82) is 0 Å². The number of nitrogens with one attached hydrogen (secondary N) is 2. The summed E-state index contributed by atoms with van der Waals surface area (Å²) in [6.07, 6.45) is 7.66. The van der Waals surface area contributed by atoms with Gasteiger partial charge in [0, 0.05) is 6.54 Å². The molecule has 28 heavy (non-hydrogen) atoms. The SMILES string of the molecule is O=C(CC(=O)Nc1ccccc1Oc1ccccc1)NCCC1=CCCCC1. The number of hydrogen-bond donors (Lipinski definition) is 2. The van der Waals surface area contributed by atoms with Crippen LogP contribution in [0, 0.1) is 0 Å². The minimum atomic E-state index is -0.363. The van der Waals surface area contributed by atoms with Crippen LogP contribution in [0.3, 0.4) is 0 Å². The molecule has 2 N–H and O–H groups in total. The lowest BCUT2D eigenvalue weighted by Crippen LogP contribution is -2.29. The van der Waals surface area contributed by atoms with Crippen LogP contribution in [0.2, 0.25) is 0 Å². The number of carbonyl (C=O) groups excluding carboxylic acids is 2. The van der Waals surface area contributed by atoms with Crippen LogP contribution in [-0.2, 0) is 9.59 Å². The molecule has 0 radical (unpaired) electrons. The third kappa shape index (κ3) is 6.27. The Labute approximate surface area is 165 Å². The molecule has 0 aliphatic heterocycles. The van der Waals surface area contributed by atoms with Crippen LogP contribution < -0.4 is 15.4 Å². The highest BCUT2D eigenvalue weighted by atomic mass is 16.5. The number of benzene rings is 2. The molecule has 0 aromatic heterocycles. The molecule has 2 aromatic carbocycles. The first kappa shape index (κ1) is 19.7. The van der Waals surface area contributed by atoms with Crippen molar-refractivity contribution in [2.24, 2.45) is 0 Å². The van der Waals surface area contributed by atoms with Gasteiger partial charge in [-0.2, -0.15) is 0 Å². The van der Waals surface area contributed by atoms with E-state index < -0.39 is 0 Å². The molecule has 0 saturated heterocycles. The maximum atomic E-state index is 12.3. The molecular formula is C23H26N2O3. The van der Waals surface area contributed by atoms with Crippen molar-refractivity contribution >= 4 is 17.5 Å². The number of allylic oxidation sites excluding steroid dienone is 1. The van der Waals surface area contributed by atoms with Crippen molar-refractivity contribution in [3.8, 4) is 11.5 Å². The van der Waals surface area contributed by atoms with E-state index in [0.29, 0.717) is 23.7 Å². The molecule has 0 heterocycles. The summed E-state index contributed by atoms with van der Waals surface area (Å²) in [5.41, 5.74) is 1.94. The normalized spacial score (nSPS) is 13.4. The zero-order chi connectivity index (χ0) is 19.6. The highest BCUT2D eigenvalue weighted by molar-refractivity contribution is 6.04. The summed E-state index contributed by atoms with van der Waals surface area (Å²) in [5, 5.41) is 5.59. The van der Waals surface area contributed by atoms with Crippen LogP contribution in [0.1, 0.15) is 38.5 Å². The Morgan fingerprint density at radius 3 is 2.50 bits per heavy atom. The fraction of sp³-hybridized carbons (Fsp3) is 0.304. The zero-order valence-electron chi connectivity index (χ0n) is 15.9. The average Bonchev–Trinajstić information content (AvgIpc) is 2.71. The predicted octanol–water partition coefficient (Wildman–Crippen LogP) is 4.81. The van der Waals surface area contributed by atoms with Crippen molar-refractivity contribution in [3.05, 3.63) is 66.2 Å². The second-order valence-electron chi connectivity index (χ2n) is 6.84. The van der Waals surface area contributed by atoms with Gasteiger partial charge in [-0.05, 0) is 56.4 Å². The lowest BCUT2D eigenvalue weighted by Gasteiger charge is -2.13. The summed E-state index contributed by atoms with van der Waals surface area (Å²) in [6.45, 7) is 0.575. The Balaban J connectivity index is 1.47. The van der Waals surface area contributed by atoms with E-state index in [1.54, 1.807) is 12.1 Å². The first-order valence-corrected chi connectivity index (χ1v) is 9.77. The van der Waals surface area contributed by atoms with E-state index in [-0.39, 0.29) is 18.2 Å². The summed E-state index contributed by atoms with van der Waals surface area (Å²) in [7, 11) is 0. The maximum absolute atomic E-state index is 12.3. The Hall–Kier alpha value is -3.08. The van der Waals surface area contributed by atoms with E-state index in [9.17, 15) is 9.59 Å². The molecule has 146 valence electrons. The number of anilines is 1. The molecule has 2 aromatic rings. The predicted molar refractivity (Wildman–Crippen MR) is 110 cm³/mol. The molecule has 0 unspecified atom stereocenters. The van der Waals surface area contributed by atoms with E-state index in [4.69, 9.17) is 4.74 Å². The van der Waals surface area contributed by atoms with Gasteiger partial charge >= 0.3 is 0 Å². The van der Waals surface area contributed by atoms with Crippen molar-refractivity contribution in [3.63, 3.8) is 0 Å². The van der Waals surface area contributed by atoms with Crippen LogP contribution >= 0.6 is 0 Å². The first-order valence-electron chi connectivity index (χ1n) is 9.77. The molecule has 0 bridgehead atoms. The van der Waals surface area contributed by atoms with Gasteiger partial charge < -0.3 is 15.4 Å². The summed E-state index contributed by atoms with van der Waals surface area (Å²) in [6, 6.07) is 16.5. The van der Waals surface area contributed by atoms with Crippen LogP contribution in [-0.4, -0.2) is 18.4 Å². The molecule has 3 rings (SSSR count). The Kier molecular flexibility index (Phi) is 7.24. The Morgan fingerprint density at radius 1 is 0.929 bits per heavy atom. The topological polar surface area (TPSA) is 67.4 Å². The summed E-state index contributed by atoms with van der Waals surface area (Å²) in [5.74, 6) is 0.583. The standard InChI is InChI=1S/C23H26N2O3/c26-22(24-16-15-18-9-3-1-4-10-18)17-23(27)25-20-13-7-8-14-21(20)28-19-11-5-2-6-12-19/h2,5-9,11-14H,1,3-4,10,15-17H2,(H,24,26)(H,25,27). The quantitative estimate of drug-likeness (QED) is 0.511. The van der Waals surface area contributed by atoms with Crippen molar-refractivity contribution in [1.82, 2.24) is 5.32 Å². The smallest absolute Gasteiger partial charge is 0.233 e. The van der Waals surface area contributed by atoms with Gasteiger partial charge in [0.15, 0.2) is 5.75 Å². The van der Waals surface area contributed by atoms with Crippen LogP contribution in [0.25, 0.3) is 0 Å². The van der Waals surface area contributed by atoms with E-state index in [2.05, 4.69) is 16.7 Å². The Bertz CT molecular complexity index is 831. The molecule has 2 amide bonds. The first-order chi connectivity index (χ1) is 13.7. The van der Waals surface area contributed by atoms with Gasteiger partial charge in [0.25, 0.3) is 0 Å². The summed E-state index contributed by atoms with van der Waals surface area (Å²) < 4.78 is 5.83. The fourth-order valence-corrected chi connectivity index (χ4v) is 3.17. The van der Waals surface area contributed by atoms with Gasteiger partial charge in [-0.25, -0.2) is 0 Å². The van der Waals surface area contributed by atoms with E-state index >= 15 is 0 Å². The highest BCUT2D eigenvalue weighted by Crippen LogP contribution is 2.29. The van der Waals surface area contributed by atoms with Crippen LogP contribution in [0.15, 0.2) is 66.2 Å². The van der Waals surface area contributed by atoms with Crippen molar-refractivity contribution in [2.75, 3.05) is 11.9 Å². The third-order valence-electron chi connectivity index (χ3n) is 4.61. The minimum absolute atomic E-state index is 0.210. The fourth-order valence-electron chi connectivity index (χ4n) is 3.17. The summed E-state index contributed by atoms with van der Waals surface area (Å²) >= 11 is 0. The number of para-hydroxylation sites is 3. The molecule has 5 nitrogen and oxygen atoms in total. The second-order valence-corrected chi connectivity index (χ2v) is 6.84. The number of carbonyl (C=O) groups is 2.